The van der Waals surface area contributed by atoms with E-state index in [2.05, 4.69) is 43.5 Å². The minimum absolute atomic E-state index is 0.0724. The lowest BCUT2D eigenvalue weighted by Crippen LogP contribution is -2.45. The van der Waals surface area contributed by atoms with Crippen LogP contribution in [-0.2, 0) is 18.4 Å². The molecule has 0 spiro atoms. The molecule has 0 saturated heterocycles. The molecule has 0 aromatic carbocycles. The summed E-state index contributed by atoms with van der Waals surface area (Å²) in [5.41, 5.74) is 5.36. The number of aliphatic hydroxyl groups is 1. The fraction of sp³-hybridized carbons (Fsp3) is 0.825. The summed E-state index contributed by atoms with van der Waals surface area (Å²) in [7, 11) is -4.34. The largest absolute Gasteiger partial charge is 0.472 e. The van der Waals surface area contributed by atoms with E-state index in [1.54, 1.807) is 6.08 Å². The Labute approximate surface area is 301 Å². The number of hydrogen-bond acceptors (Lipinski definition) is 6. The van der Waals surface area contributed by atoms with Crippen LogP contribution in [-0.4, -0.2) is 47.8 Å². The molecule has 0 radical (unpaired) electrons. The summed E-state index contributed by atoms with van der Waals surface area (Å²) >= 11 is 0. The summed E-state index contributed by atoms with van der Waals surface area (Å²) in [6.07, 6.45) is 41.9. The third-order valence-electron chi connectivity index (χ3n) is 8.69. The second-order valence-electron chi connectivity index (χ2n) is 13.5. The molecule has 8 nitrogen and oxygen atoms in total. The van der Waals surface area contributed by atoms with Gasteiger partial charge in [-0.15, -0.1) is 0 Å². The minimum atomic E-state index is -4.34. The van der Waals surface area contributed by atoms with E-state index in [1.807, 2.05) is 6.08 Å². The number of phosphoric acid groups is 1. The predicted octanol–water partition coefficient (Wildman–Crippen LogP) is 10.8. The van der Waals surface area contributed by atoms with E-state index in [9.17, 15) is 19.4 Å². The van der Waals surface area contributed by atoms with E-state index in [0.717, 1.165) is 51.4 Å². The smallest absolute Gasteiger partial charge is 0.387 e. The van der Waals surface area contributed by atoms with Gasteiger partial charge in [0.15, 0.2) is 0 Å². The van der Waals surface area contributed by atoms with Crippen molar-refractivity contribution in [3.05, 3.63) is 36.5 Å². The van der Waals surface area contributed by atoms with Crippen LogP contribution < -0.4 is 11.1 Å². The van der Waals surface area contributed by atoms with Crippen LogP contribution in [0.3, 0.4) is 0 Å². The molecule has 9 heteroatoms. The van der Waals surface area contributed by atoms with Crippen molar-refractivity contribution in [1.82, 2.24) is 5.32 Å². The SMILES string of the molecule is CCCCCCCCC/C=C\CCCCCCCC(=O)NC(COP(=O)(O)OCCN)C(O)/C=C/CC/C=C/CCCCCCCCCC. The normalized spacial score (nSPS) is 14.6. The van der Waals surface area contributed by atoms with Gasteiger partial charge in [0.1, 0.15) is 0 Å². The maximum absolute atomic E-state index is 12.7. The lowest BCUT2D eigenvalue weighted by atomic mass is 10.1. The lowest BCUT2D eigenvalue weighted by molar-refractivity contribution is -0.123. The number of nitrogens with one attached hydrogen (secondary N) is 1. The molecular weight excluding hydrogens is 635 g/mol. The summed E-state index contributed by atoms with van der Waals surface area (Å²) < 4.78 is 22.0. The van der Waals surface area contributed by atoms with Gasteiger partial charge >= 0.3 is 7.82 Å². The summed E-state index contributed by atoms with van der Waals surface area (Å²) in [5, 5.41) is 13.6. The first-order valence-electron chi connectivity index (χ1n) is 20.1. The number of phosphoric ester groups is 1. The number of rotatable bonds is 37. The van der Waals surface area contributed by atoms with Gasteiger partial charge in [0.2, 0.25) is 5.91 Å². The van der Waals surface area contributed by atoms with Crippen molar-refractivity contribution in [2.24, 2.45) is 5.73 Å². The molecule has 0 aliphatic heterocycles. The highest BCUT2D eigenvalue weighted by atomic mass is 31.2. The van der Waals surface area contributed by atoms with E-state index in [1.165, 1.54) is 109 Å². The standard InChI is InChI=1S/C40H77N2O6P/c1-3-5-7-9-11-13-15-17-19-20-22-24-26-28-30-32-34-40(44)42-38(37-48-49(45,46)47-36-35-41)39(43)33-31-29-27-25-23-21-18-16-14-12-10-8-6-4-2/h19-20,23,25,31,33,38-39,43H,3-18,21-22,24,26-30,32,34-37,41H2,1-2H3,(H,42,44)(H,45,46)/b20-19-,25-23+,33-31+. The van der Waals surface area contributed by atoms with Crippen molar-refractivity contribution in [3.8, 4) is 0 Å². The number of carbonyl (C=O) groups is 1. The number of allylic oxidation sites excluding steroid dienone is 5. The van der Waals surface area contributed by atoms with Gasteiger partial charge < -0.3 is 21.1 Å². The van der Waals surface area contributed by atoms with E-state index in [-0.39, 0.29) is 25.7 Å². The molecule has 0 aromatic rings. The molecule has 0 aromatic heterocycles. The van der Waals surface area contributed by atoms with Gasteiger partial charge in [0.05, 0.1) is 25.4 Å². The summed E-state index contributed by atoms with van der Waals surface area (Å²) in [6.45, 7) is 4.09. The number of unbranched alkanes of at least 4 members (excludes halogenated alkanes) is 21. The molecule has 288 valence electrons. The molecule has 0 aliphatic rings. The monoisotopic (exact) mass is 713 g/mol. The first-order chi connectivity index (χ1) is 23.9. The number of carbonyl (C=O) groups excluding carboxylic acids is 1. The highest BCUT2D eigenvalue weighted by Gasteiger charge is 2.26. The van der Waals surface area contributed by atoms with Crippen molar-refractivity contribution in [1.29, 1.82) is 0 Å². The van der Waals surface area contributed by atoms with Gasteiger partial charge in [-0.2, -0.15) is 0 Å². The van der Waals surface area contributed by atoms with Crippen LogP contribution in [0.5, 0.6) is 0 Å². The van der Waals surface area contributed by atoms with Crippen LogP contribution in [0.4, 0.5) is 0 Å². The van der Waals surface area contributed by atoms with Crippen LogP contribution in [0, 0.1) is 0 Å². The molecule has 3 unspecified atom stereocenters. The van der Waals surface area contributed by atoms with Gasteiger partial charge in [-0.1, -0.05) is 153 Å². The van der Waals surface area contributed by atoms with E-state index >= 15 is 0 Å². The first kappa shape index (κ1) is 47.7. The highest BCUT2D eigenvalue weighted by molar-refractivity contribution is 7.47. The predicted molar refractivity (Wildman–Crippen MR) is 208 cm³/mol. The van der Waals surface area contributed by atoms with Crippen LogP contribution in [0.2, 0.25) is 0 Å². The zero-order chi connectivity index (χ0) is 36.1. The molecule has 1 amide bonds. The molecular formula is C40H77N2O6P. The summed E-state index contributed by atoms with van der Waals surface area (Å²) in [6, 6.07) is -0.879. The third-order valence-corrected chi connectivity index (χ3v) is 9.67. The number of amides is 1. The molecule has 0 heterocycles. The molecule has 0 bridgehead atoms. The van der Waals surface area contributed by atoms with Crippen molar-refractivity contribution >= 4 is 13.7 Å². The van der Waals surface area contributed by atoms with E-state index < -0.39 is 20.0 Å². The molecule has 49 heavy (non-hydrogen) atoms. The van der Waals surface area contributed by atoms with Crippen molar-refractivity contribution in [3.63, 3.8) is 0 Å². The van der Waals surface area contributed by atoms with Gasteiger partial charge in [-0.3, -0.25) is 13.8 Å². The third kappa shape index (κ3) is 34.9. The zero-order valence-corrected chi connectivity index (χ0v) is 32.6. The second kappa shape index (κ2) is 36.5. The van der Waals surface area contributed by atoms with Gasteiger partial charge in [0, 0.05) is 13.0 Å². The Bertz CT molecular complexity index is 866. The fourth-order valence-corrected chi connectivity index (χ4v) is 6.37. The average molecular weight is 713 g/mol. The molecule has 5 N–H and O–H groups in total. The number of nitrogens with two attached hydrogens (primary N) is 1. The Morgan fingerprint density at radius 1 is 0.653 bits per heavy atom. The van der Waals surface area contributed by atoms with Crippen molar-refractivity contribution in [2.75, 3.05) is 19.8 Å². The molecule has 3 atom stereocenters. The fourth-order valence-electron chi connectivity index (χ4n) is 5.61. The van der Waals surface area contributed by atoms with Crippen LogP contribution >= 0.6 is 7.82 Å². The van der Waals surface area contributed by atoms with Gasteiger partial charge in [0.25, 0.3) is 0 Å². The Morgan fingerprint density at radius 2 is 1.08 bits per heavy atom. The van der Waals surface area contributed by atoms with Crippen LogP contribution in [0.15, 0.2) is 36.5 Å². The second-order valence-corrected chi connectivity index (χ2v) is 14.9. The maximum atomic E-state index is 12.7. The highest BCUT2D eigenvalue weighted by Crippen LogP contribution is 2.43. The van der Waals surface area contributed by atoms with Gasteiger partial charge in [-0.25, -0.2) is 4.57 Å². The molecule has 0 aliphatic carbocycles. The average Bonchev–Trinajstić information content (AvgIpc) is 3.09. The topological polar surface area (TPSA) is 131 Å². The van der Waals surface area contributed by atoms with Crippen molar-refractivity contribution in [2.45, 2.75) is 193 Å². The van der Waals surface area contributed by atoms with E-state index in [4.69, 9.17) is 14.8 Å². The number of hydrogen-bond donors (Lipinski definition) is 4. The molecule has 0 rings (SSSR count). The van der Waals surface area contributed by atoms with Gasteiger partial charge in [-0.05, 0) is 57.8 Å². The summed E-state index contributed by atoms with van der Waals surface area (Å²) in [5.74, 6) is -0.214. The van der Waals surface area contributed by atoms with Crippen LogP contribution in [0.25, 0.3) is 0 Å². The Kier molecular flexibility index (Phi) is 35.6. The minimum Gasteiger partial charge on any atom is -0.387 e. The number of aliphatic hydroxyl groups excluding tert-OH is 1. The quantitative estimate of drug-likeness (QED) is 0.0286. The molecule has 0 saturated carbocycles. The summed E-state index contributed by atoms with van der Waals surface area (Å²) in [4.78, 5) is 22.6. The van der Waals surface area contributed by atoms with E-state index in [0.29, 0.717) is 6.42 Å². The first-order valence-corrected chi connectivity index (χ1v) is 21.6. The Hall–Kier alpha value is -1.28. The maximum Gasteiger partial charge on any atom is 0.472 e. The molecule has 0 fully saturated rings. The zero-order valence-electron chi connectivity index (χ0n) is 31.7. The Balaban J connectivity index is 4.34. The Morgan fingerprint density at radius 3 is 1.57 bits per heavy atom. The lowest BCUT2D eigenvalue weighted by Gasteiger charge is -2.23. The van der Waals surface area contributed by atoms with Crippen LogP contribution in [0.1, 0.15) is 181 Å². The van der Waals surface area contributed by atoms with Crippen molar-refractivity contribution < 1.29 is 28.4 Å².